The van der Waals surface area contributed by atoms with Gasteiger partial charge in [0, 0.05) is 19.2 Å². The molecule has 0 fully saturated rings. The zero-order chi connectivity index (χ0) is 11.7. The van der Waals surface area contributed by atoms with Crippen molar-refractivity contribution in [2.24, 2.45) is 0 Å². The van der Waals surface area contributed by atoms with Gasteiger partial charge >= 0.3 is 12.0 Å². The van der Waals surface area contributed by atoms with Crippen LogP contribution >= 0.6 is 0 Å². The molecule has 0 unspecified atom stereocenters. The summed E-state index contributed by atoms with van der Waals surface area (Å²) in [5.41, 5.74) is 0.454. The number of oxazole rings is 1. The Labute approximate surface area is 89.1 Å². The molecule has 0 spiro atoms. The van der Waals surface area contributed by atoms with Crippen LogP contribution in [0, 0.1) is 0 Å². The number of aromatic carboxylic acids is 1. The van der Waals surface area contributed by atoms with E-state index in [1.807, 2.05) is 0 Å². The Morgan fingerprint density at radius 1 is 1.50 bits per heavy atom. The number of fused-ring (bicyclic) bond motifs is 1. The van der Waals surface area contributed by atoms with Crippen molar-refractivity contribution in [1.82, 2.24) is 9.97 Å². The molecular weight excluding hydrogens is 214 g/mol. The van der Waals surface area contributed by atoms with E-state index in [4.69, 9.17) is 9.52 Å². The van der Waals surface area contributed by atoms with Crippen LogP contribution < -0.4 is 5.32 Å². The highest BCUT2D eigenvalue weighted by Crippen LogP contribution is 2.17. The molecule has 16 heavy (non-hydrogen) atoms. The number of anilines is 1. The summed E-state index contributed by atoms with van der Waals surface area (Å²) in [5.74, 6) is -1.43. The van der Waals surface area contributed by atoms with Crippen molar-refractivity contribution in [1.29, 1.82) is 0 Å². The third-order valence-electron chi connectivity index (χ3n) is 1.78. The minimum Gasteiger partial charge on any atom is -0.478 e. The summed E-state index contributed by atoms with van der Waals surface area (Å²) < 4.78 is 5.10. The zero-order valence-electron chi connectivity index (χ0n) is 8.22. The Kier molecular flexibility index (Phi) is 2.28. The lowest BCUT2D eigenvalue weighted by atomic mass is 10.3. The maximum absolute atomic E-state index is 10.7. The first-order valence-electron chi connectivity index (χ1n) is 4.34. The summed E-state index contributed by atoms with van der Waals surface area (Å²) in [6.45, 7) is 1.31. The van der Waals surface area contributed by atoms with Crippen molar-refractivity contribution in [2.45, 2.75) is 6.92 Å². The molecule has 0 bridgehead atoms. The van der Waals surface area contributed by atoms with Crippen LogP contribution in [0.25, 0.3) is 11.2 Å². The highest BCUT2D eigenvalue weighted by molar-refractivity contribution is 5.91. The number of pyridine rings is 1. The van der Waals surface area contributed by atoms with E-state index >= 15 is 0 Å². The summed E-state index contributed by atoms with van der Waals surface area (Å²) in [7, 11) is 0. The first-order chi connectivity index (χ1) is 7.56. The first kappa shape index (κ1) is 10.1. The molecule has 1 amide bonds. The van der Waals surface area contributed by atoms with Crippen LogP contribution in [0.3, 0.4) is 0 Å². The Balaban J connectivity index is 2.45. The second kappa shape index (κ2) is 3.61. The number of carboxylic acids is 1. The zero-order valence-corrected chi connectivity index (χ0v) is 8.22. The van der Waals surface area contributed by atoms with Gasteiger partial charge in [0.1, 0.15) is 0 Å². The van der Waals surface area contributed by atoms with Gasteiger partial charge in [-0.05, 0) is 0 Å². The third-order valence-corrected chi connectivity index (χ3v) is 1.78. The van der Waals surface area contributed by atoms with E-state index < -0.39 is 5.97 Å². The lowest BCUT2D eigenvalue weighted by Gasteiger charge is -1.91. The number of carboxylic acid groups (broad SMARTS) is 1. The summed E-state index contributed by atoms with van der Waals surface area (Å²) in [5, 5.41) is 11.1. The quantitative estimate of drug-likeness (QED) is 0.779. The molecule has 0 atom stereocenters. The molecule has 2 aromatic rings. The van der Waals surface area contributed by atoms with E-state index in [0.29, 0.717) is 0 Å². The topological polar surface area (TPSA) is 105 Å². The highest BCUT2D eigenvalue weighted by Gasteiger charge is 2.11. The predicted molar refractivity (Wildman–Crippen MR) is 53.1 cm³/mol. The van der Waals surface area contributed by atoms with Crippen LogP contribution in [0.5, 0.6) is 0 Å². The van der Waals surface area contributed by atoms with Gasteiger partial charge in [0.25, 0.3) is 0 Å². The van der Waals surface area contributed by atoms with Crippen LogP contribution in [0.4, 0.5) is 6.01 Å². The maximum atomic E-state index is 10.7. The Hall–Kier alpha value is -2.44. The predicted octanol–water partition coefficient (Wildman–Crippen LogP) is 0.879. The number of hydrogen-bond donors (Lipinski definition) is 2. The van der Waals surface area contributed by atoms with Crippen molar-refractivity contribution < 1.29 is 19.1 Å². The van der Waals surface area contributed by atoms with Crippen molar-refractivity contribution >= 4 is 29.1 Å². The van der Waals surface area contributed by atoms with Crippen LogP contribution in [0.1, 0.15) is 17.3 Å². The summed E-state index contributed by atoms with van der Waals surface area (Å²) >= 11 is 0. The molecule has 2 aromatic heterocycles. The van der Waals surface area contributed by atoms with E-state index in [0.717, 1.165) is 0 Å². The van der Waals surface area contributed by atoms with Crippen molar-refractivity contribution in [3.8, 4) is 0 Å². The summed E-state index contributed by atoms with van der Waals surface area (Å²) in [6, 6.07) is 1.29. The summed E-state index contributed by atoms with van der Waals surface area (Å²) in [4.78, 5) is 29.0. The molecule has 2 rings (SSSR count). The molecule has 0 saturated carbocycles. The molecule has 7 heteroatoms. The van der Waals surface area contributed by atoms with E-state index in [1.54, 1.807) is 0 Å². The average Bonchev–Trinajstić information content (AvgIpc) is 2.56. The molecule has 2 heterocycles. The standard InChI is InChI=1S/C9H7N3O4/c1-4(13)11-9-12-7-6(16-9)2-5(3-10-7)8(14)15/h2-3H,1H3,(H,14,15)(H,10,11,12,13). The average molecular weight is 221 g/mol. The minimum atomic E-state index is -1.10. The lowest BCUT2D eigenvalue weighted by molar-refractivity contribution is -0.114. The van der Waals surface area contributed by atoms with Gasteiger partial charge in [-0.1, -0.05) is 0 Å². The first-order valence-corrected chi connectivity index (χ1v) is 4.34. The number of rotatable bonds is 2. The van der Waals surface area contributed by atoms with Crippen LogP contribution in [0.15, 0.2) is 16.7 Å². The minimum absolute atomic E-state index is 0.00183. The molecule has 0 radical (unpaired) electrons. The lowest BCUT2D eigenvalue weighted by Crippen LogP contribution is -2.05. The summed E-state index contributed by atoms with van der Waals surface area (Å²) in [6.07, 6.45) is 1.17. The molecule has 7 nitrogen and oxygen atoms in total. The molecule has 0 aliphatic carbocycles. The normalized spacial score (nSPS) is 10.3. The SMILES string of the molecule is CC(=O)Nc1nc2ncc(C(=O)O)cc2o1. The molecule has 82 valence electrons. The van der Waals surface area contributed by atoms with Crippen molar-refractivity contribution in [3.63, 3.8) is 0 Å². The van der Waals surface area contributed by atoms with Crippen LogP contribution in [0.2, 0.25) is 0 Å². The molecule has 0 aliphatic heterocycles. The number of hydrogen-bond acceptors (Lipinski definition) is 5. The van der Waals surface area contributed by atoms with Gasteiger partial charge in [0.15, 0.2) is 5.58 Å². The second-order valence-electron chi connectivity index (χ2n) is 3.05. The van der Waals surface area contributed by atoms with Gasteiger partial charge < -0.3 is 9.52 Å². The van der Waals surface area contributed by atoms with E-state index in [2.05, 4.69) is 15.3 Å². The van der Waals surface area contributed by atoms with E-state index in [9.17, 15) is 9.59 Å². The third kappa shape index (κ3) is 1.83. The number of amides is 1. The fraction of sp³-hybridized carbons (Fsp3) is 0.111. The fourth-order valence-corrected chi connectivity index (χ4v) is 1.14. The molecule has 0 saturated heterocycles. The molecular formula is C9H7N3O4. The second-order valence-corrected chi connectivity index (χ2v) is 3.05. The molecule has 0 aromatic carbocycles. The van der Waals surface area contributed by atoms with Gasteiger partial charge in [-0.25, -0.2) is 9.78 Å². The van der Waals surface area contributed by atoms with Crippen LogP contribution in [-0.2, 0) is 4.79 Å². The smallest absolute Gasteiger partial charge is 0.337 e. The van der Waals surface area contributed by atoms with Gasteiger partial charge in [0.05, 0.1) is 5.56 Å². The Morgan fingerprint density at radius 2 is 2.25 bits per heavy atom. The Morgan fingerprint density at radius 3 is 2.88 bits per heavy atom. The molecule has 2 N–H and O–H groups in total. The van der Waals surface area contributed by atoms with Gasteiger partial charge in [0.2, 0.25) is 11.6 Å². The number of nitrogens with zero attached hydrogens (tertiary/aromatic N) is 2. The van der Waals surface area contributed by atoms with Gasteiger partial charge in [-0.3, -0.25) is 10.1 Å². The van der Waals surface area contributed by atoms with Crippen molar-refractivity contribution in [3.05, 3.63) is 17.8 Å². The highest BCUT2D eigenvalue weighted by atomic mass is 16.4. The van der Waals surface area contributed by atoms with Crippen molar-refractivity contribution in [2.75, 3.05) is 5.32 Å². The monoisotopic (exact) mass is 221 g/mol. The molecule has 0 aliphatic rings. The largest absolute Gasteiger partial charge is 0.478 e. The van der Waals surface area contributed by atoms with Gasteiger partial charge in [-0.2, -0.15) is 4.98 Å². The number of nitrogens with one attached hydrogen (secondary N) is 1. The maximum Gasteiger partial charge on any atom is 0.337 e. The van der Waals surface area contributed by atoms with Gasteiger partial charge in [-0.15, -0.1) is 0 Å². The van der Waals surface area contributed by atoms with E-state index in [-0.39, 0.29) is 28.7 Å². The number of carbonyl (C=O) groups is 2. The Bertz CT molecular complexity index is 575. The van der Waals surface area contributed by atoms with Crippen LogP contribution in [-0.4, -0.2) is 27.0 Å². The number of aromatic nitrogens is 2. The number of carbonyl (C=O) groups excluding carboxylic acids is 1. The fourth-order valence-electron chi connectivity index (χ4n) is 1.14. The van der Waals surface area contributed by atoms with E-state index in [1.165, 1.54) is 19.2 Å².